The van der Waals surface area contributed by atoms with Crippen molar-refractivity contribution in [2.24, 2.45) is 0 Å². The number of nitrogens with zero attached hydrogens (tertiary/aromatic N) is 1. The lowest BCUT2D eigenvalue weighted by Crippen LogP contribution is -2.51. The van der Waals surface area contributed by atoms with Crippen molar-refractivity contribution in [3.05, 3.63) is 33.1 Å². The number of methoxy groups -OCH3 is 1. The largest absolute Gasteiger partial charge is 0.405 e. The van der Waals surface area contributed by atoms with E-state index in [2.05, 4.69) is 17.2 Å². The summed E-state index contributed by atoms with van der Waals surface area (Å²) < 4.78 is 34.5. The fourth-order valence-electron chi connectivity index (χ4n) is 2.62. The van der Waals surface area contributed by atoms with Crippen LogP contribution in [0.1, 0.15) is 6.23 Å². The quantitative estimate of drug-likeness (QED) is 0.274. The third-order valence-corrected chi connectivity index (χ3v) is 5.51. The van der Waals surface area contributed by atoms with Gasteiger partial charge in [0.05, 0.1) is 0 Å². The average Bonchev–Trinajstić information content (AvgIpc) is 2.85. The van der Waals surface area contributed by atoms with Crippen molar-refractivity contribution in [3.8, 4) is 0 Å². The molecule has 1 aromatic rings. The van der Waals surface area contributed by atoms with Crippen molar-refractivity contribution in [1.29, 1.82) is 0 Å². The summed E-state index contributed by atoms with van der Waals surface area (Å²) in [7, 11) is 5.44. The number of aliphatic hydroxyl groups is 1. The van der Waals surface area contributed by atoms with Crippen LogP contribution in [0.2, 0.25) is 0 Å². The van der Waals surface area contributed by atoms with Crippen LogP contribution >= 0.6 is 19.0 Å². The van der Waals surface area contributed by atoms with Gasteiger partial charge in [0.2, 0.25) is 0 Å². The fraction of sp³-hybridized carbons (Fsp3) is 0.636. The van der Waals surface area contributed by atoms with Gasteiger partial charge in [-0.3, -0.25) is 18.9 Å². The van der Waals surface area contributed by atoms with Crippen LogP contribution in [0, 0.1) is 0 Å². The molecule has 1 saturated heterocycles. The summed E-state index contributed by atoms with van der Waals surface area (Å²) in [6.45, 7) is -3.74. The summed E-state index contributed by atoms with van der Waals surface area (Å²) in [5.74, 6) is 0. The first-order valence-corrected chi connectivity index (χ1v) is 9.99. The van der Waals surface area contributed by atoms with E-state index in [9.17, 15) is 19.3 Å². The number of nitrogens with one attached hydrogen (secondary N) is 1. The van der Waals surface area contributed by atoms with E-state index in [1.54, 1.807) is 0 Å². The van der Waals surface area contributed by atoms with Gasteiger partial charge in [0, 0.05) is 31.9 Å². The summed E-state index contributed by atoms with van der Waals surface area (Å²) >= 11 is 3.83. The maximum absolute atomic E-state index is 12.1. The lowest BCUT2D eigenvalue weighted by Gasteiger charge is -2.31. The molecule has 1 aliphatic rings. The second-order valence-corrected chi connectivity index (χ2v) is 9.02. The van der Waals surface area contributed by atoms with Crippen LogP contribution in [0.3, 0.4) is 0 Å². The van der Waals surface area contributed by atoms with Crippen LogP contribution in [0.25, 0.3) is 0 Å². The van der Waals surface area contributed by atoms with Crippen molar-refractivity contribution in [3.63, 3.8) is 0 Å². The molecule has 1 aromatic heterocycles. The summed E-state index contributed by atoms with van der Waals surface area (Å²) in [4.78, 5) is 25.4. The Balaban J connectivity index is 2.48. The molecular formula is C11H19B2N2O8PS. The lowest BCUT2D eigenvalue weighted by atomic mass is 9.61. The molecule has 10 nitrogen and oxygen atoms in total. The molecule has 0 aromatic carbocycles. The first-order valence-electron chi connectivity index (χ1n) is 7.29. The van der Waals surface area contributed by atoms with Crippen LogP contribution in [0.4, 0.5) is 0 Å². The van der Waals surface area contributed by atoms with Gasteiger partial charge in [0.15, 0.2) is 6.23 Å². The zero-order chi connectivity index (χ0) is 19.0. The smallest absolute Gasteiger partial charge is 0.386 e. The first-order chi connectivity index (χ1) is 11.5. The van der Waals surface area contributed by atoms with E-state index in [1.807, 2.05) is 0 Å². The Labute approximate surface area is 150 Å². The molecule has 5 atom stereocenters. The molecule has 0 radical (unpaired) electrons. The fourth-order valence-corrected chi connectivity index (χ4v) is 3.57. The number of thiol groups is 1. The number of rotatable bonds is 6. The number of H-pyrrole nitrogens is 1. The van der Waals surface area contributed by atoms with Crippen molar-refractivity contribution >= 4 is 34.7 Å². The van der Waals surface area contributed by atoms with Crippen LogP contribution in [0.15, 0.2) is 21.9 Å². The Morgan fingerprint density at radius 3 is 2.52 bits per heavy atom. The van der Waals surface area contributed by atoms with E-state index in [-0.39, 0.29) is 0 Å². The highest BCUT2D eigenvalue weighted by Gasteiger charge is 2.54. The zero-order valence-electron chi connectivity index (χ0n) is 14.1. The van der Waals surface area contributed by atoms with Crippen LogP contribution in [-0.4, -0.2) is 68.3 Å². The second-order valence-electron chi connectivity index (χ2n) is 6.04. The van der Waals surface area contributed by atoms with E-state index in [0.717, 1.165) is 17.7 Å². The second kappa shape index (κ2) is 7.43. The minimum Gasteiger partial charge on any atom is -0.405 e. The van der Waals surface area contributed by atoms with E-state index in [4.69, 9.17) is 18.5 Å². The minimum absolute atomic E-state index is 0.570. The van der Waals surface area contributed by atoms with Crippen molar-refractivity contribution in [1.82, 2.24) is 9.55 Å². The highest BCUT2D eigenvalue weighted by atomic mass is 32.7. The third kappa shape index (κ3) is 4.48. The zero-order valence-corrected chi connectivity index (χ0v) is 15.9. The minimum atomic E-state index is -3.74. The van der Waals surface area contributed by atoms with Gasteiger partial charge in [-0.1, -0.05) is 12.2 Å². The topological polar surface area (TPSA) is 129 Å². The van der Waals surface area contributed by atoms with E-state index < -0.39 is 48.0 Å². The predicted octanol–water partition coefficient (Wildman–Crippen LogP) is -2.57. The Kier molecular flexibility index (Phi) is 6.10. The third-order valence-electron chi connectivity index (χ3n) is 3.77. The molecular weight excluding hydrogens is 373 g/mol. The number of aromatic nitrogens is 2. The highest BCUT2D eigenvalue weighted by molar-refractivity contribution is 8.44. The Hall–Kier alpha value is -0.810. The van der Waals surface area contributed by atoms with Crippen LogP contribution in [-0.2, 0) is 23.1 Å². The first kappa shape index (κ1) is 20.5. The Morgan fingerprint density at radius 2 is 2.04 bits per heavy atom. The number of aromatic amines is 1. The molecule has 14 heteroatoms. The molecule has 2 heterocycles. The molecule has 0 spiro atoms. The Bertz CT molecular complexity index is 780. The predicted molar refractivity (Wildman–Crippen MR) is 96.5 cm³/mol. The maximum atomic E-state index is 12.1. The van der Waals surface area contributed by atoms with Gasteiger partial charge in [-0.05, 0) is 0 Å². The van der Waals surface area contributed by atoms with Gasteiger partial charge < -0.3 is 19.1 Å². The molecule has 138 valence electrons. The average molecular weight is 392 g/mol. The summed E-state index contributed by atoms with van der Waals surface area (Å²) in [6.07, 6.45) is -2.82. The van der Waals surface area contributed by atoms with Crippen LogP contribution in [0.5, 0.6) is 0 Å². The number of hydrogen-bond donors (Lipinski definition) is 3. The molecule has 5 unspecified atom stereocenters. The van der Waals surface area contributed by atoms with E-state index in [0.29, 0.717) is 0 Å². The van der Waals surface area contributed by atoms with Gasteiger partial charge >= 0.3 is 12.5 Å². The number of hydrogen-bond acceptors (Lipinski definition) is 8. The van der Waals surface area contributed by atoms with Gasteiger partial charge in [0.25, 0.3) is 5.56 Å². The normalized spacial score (nSPS) is 29.4. The van der Waals surface area contributed by atoms with Crippen molar-refractivity contribution < 1.29 is 28.2 Å². The SMILES string of the molecule is BC(B)(O)C1OC(n2ccc(=O)[nH]c2=O)C(OC)C1OP(=O)(S)OC. The molecule has 1 fully saturated rings. The van der Waals surface area contributed by atoms with Crippen molar-refractivity contribution in [2.75, 3.05) is 14.2 Å². The van der Waals surface area contributed by atoms with E-state index >= 15 is 0 Å². The van der Waals surface area contributed by atoms with E-state index in [1.165, 1.54) is 29.0 Å². The molecule has 0 bridgehead atoms. The molecule has 1 aliphatic heterocycles. The van der Waals surface area contributed by atoms with Gasteiger partial charge in [0.1, 0.15) is 34.0 Å². The molecule has 2 rings (SSSR count). The lowest BCUT2D eigenvalue weighted by molar-refractivity contribution is -0.0787. The summed E-state index contributed by atoms with van der Waals surface area (Å²) in [6, 6.07) is 1.14. The molecule has 0 aliphatic carbocycles. The van der Waals surface area contributed by atoms with Gasteiger partial charge in [-0.2, -0.15) is 0 Å². The summed E-state index contributed by atoms with van der Waals surface area (Å²) in [5.41, 5.74) is -1.30. The van der Waals surface area contributed by atoms with Crippen molar-refractivity contribution in [2.45, 2.75) is 29.9 Å². The highest BCUT2D eigenvalue weighted by Crippen LogP contribution is 2.56. The maximum Gasteiger partial charge on any atom is 0.386 e. The monoisotopic (exact) mass is 392 g/mol. The molecule has 25 heavy (non-hydrogen) atoms. The van der Waals surface area contributed by atoms with Gasteiger partial charge in [-0.15, -0.1) is 0 Å². The van der Waals surface area contributed by atoms with Crippen LogP contribution < -0.4 is 11.2 Å². The summed E-state index contributed by atoms with van der Waals surface area (Å²) in [5, 5.41) is 8.96. The number of ether oxygens (including phenoxy) is 2. The standard InChI is InChI=1S/C11H19B2N2O8PS/c1-20-7-6(23-24(19,25)21-2)8(11(12,13)18)22-9(7)15-4-3-5(16)14-10(15)17/h3-4,6-9,18H,12-13H2,1-2H3,(H,19,25)(H,14,16,17). The molecule has 0 amide bonds. The molecule has 2 N–H and O–H groups in total. The van der Waals surface area contributed by atoms with Gasteiger partial charge in [-0.25, -0.2) is 9.36 Å². The molecule has 0 saturated carbocycles. The Morgan fingerprint density at radius 1 is 1.40 bits per heavy atom.